The lowest BCUT2D eigenvalue weighted by Crippen LogP contribution is -2.23. The highest BCUT2D eigenvalue weighted by atomic mass is 15.1. The van der Waals surface area contributed by atoms with Crippen LogP contribution in [0.2, 0.25) is 0 Å². The van der Waals surface area contributed by atoms with E-state index in [2.05, 4.69) is 48.8 Å². The highest BCUT2D eigenvalue weighted by Gasteiger charge is 2.15. The summed E-state index contributed by atoms with van der Waals surface area (Å²) in [4.78, 5) is 19.8. The minimum absolute atomic E-state index is 0.698. The smallest absolute Gasteiger partial charge is 0.159 e. The van der Waals surface area contributed by atoms with E-state index in [0.717, 1.165) is 69.4 Å². The number of aryl methyl sites for hydroxylation is 1. The van der Waals surface area contributed by atoms with Crippen LogP contribution in [-0.4, -0.2) is 52.7 Å². The molecule has 1 aliphatic rings. The number of rotatable bonds is 6. The molecule has 0 saturated carbocycles. The average Bonchev–Trinajstić information content (AvgIpc) is 3.71. The maximum atomic E-state index is 4.96. The van der Waals surface area contributed by atoms with E-state index in [-0.39, 0.29) is 0 Å². The number of para-hydroxylation sites is 1. The van der Waals surface area contributed by atoms with Crippen LogP contribution in [0.1, 0.15) is 36.6 Å². The van der Waals surface area contributed by atoms with E-state index in [1.165, 1.54) is 18.4 Å². The molecule has 37 heavy (non-hydrogen) atoms. The second-order valence-electron chi connectivity index (χ2n) is 9.60. The molecule has 1 aromatic carbocycles. The van der Waals surface area contributed by atoms with Crippen LogP contribution in [-0.2, 0) is 6.54 Å². The molecule has 4 aromatic heterocycles. The number of aromatic nitrogens is 7. The molecule has 0 radical (unpaired) electrons. The molecule has 1 aliphatic heterocycles. The van der Waals surface area contributed by atoms with E-state index < -0.39 is 0 Å². The summed E-state index contributed by atoms with van der Waals surface area (Å²) in [6, 6.07) is 8.28. The molecule has 186 valence electrons. The Bertz CT molecular complexity index is 1710. The van der Waals surface area contributed by atoms with Crippen molar-refractivity contribution >= 4 is 28.8 Å². The molecular formula is C29H30N8. The quantitative estimate of drug-likeness (QED) is 0.379. The Kier molecular flexibility index (Phi) is 6.02. The molecule has 0 bridgehead atoms. The number of fused-ring (bicyclic) bond motifs is 1. The summed E-state index contributed by atoms with van der Waals surface area (Å²) in [5.74, 6) is 0.698. The highest BCUT2D eigenvalue weighted by Crippen LogP contribution is 2.24. The number of nitrogens with one attached hydrogen (secondary N) is 2. The first-order valence-corrected chi connectivity index (χ1v) is 12.7. The Morgan fingerprint density at radius 3 is 2.84 bits per heavy atom. The zero-order valence-electron chi connectivity index (χ0n) is 21.2. The fourth-order valence-corrected chi connectivity index (χ4v) is 5.01. The summed E-state index contributed by atoms with van der Waals surface area (Å²) in [7, 11) is 0. The zero-order chi connectivity index (χ0) is 25.4. The minimum atomic E-state index is 0.698. The van der Waals surface area contributed by atoms with E-state index in [1.807, 2.05) is 67.6 Å². The van der Waals surface area contributed by atoms with Gasteiger partial charge in [0.05, 0.1) is 28.6 Å². The Labute approximate surface area is 215 Å². The first-order valence-electron chi connectivity index (χ1n) is 12.7. The number of hydrogen-bond acceptors (Lipinski definition) is 5. The van der Waals surface area contributed by atoms with Gasteiger partial charge in [-0.2, -0.15) is 5.10 Å². The second-order valence-corrected chi connectivity index (χ2v) is 9.60. The van der Waals surface area contributed by atoms with Crippen LogP contribution >= 0.6 is 0 Å². The van der Waals surface area contributed by atoms with Gasteiger partial charge in [0.25, 0.3) is 0 Å². The van der Waals surface area contributed by atoms with E-state index in [4.69, 9.17) is 4.98 Å². The fraction of sp³-hybridized carbons (Fsp3) is 0.241. The van der Waals surface area contributed by atoms with Crippen LogP contribution in [0, 0.1) is 6.92 Å². The Morgan fingerprint density at radius 1 is 1.19 bits per heavy atom. The number of allylic oxidation sites excluding steroid dienone is 1. The van der Waals surface area contributed by atoms with Crippen molar-refractivity contribution in [1.82, 2.24) is 39.6 Å². The Morgan fingerprint density at radius 2 is 2.05 bits per heavy atom. The third-order valence-electron chi connectivity index (χ3n) is 6.92. The summed E-state index contributed by atoms with van der Waals surface area (Å²) in [5, 5.41) is 9.65. The van der Waals surface area contributed by atoms with Gasteiger partial charge in [0.2, 0.25) is 0 Å². The van der Waals surface area contributed by atoms with E-state index in [9.17, 15) is 0 Å². The van der Waals surface area contributed by atoms with Crippen molar-refractivity contribution in [2.75, 3.05) is 13.1 Å². The van der Waals surface area contributed by atoms with Gasteiger partial charge in [0.15, 0.2) is 5.82 Å². The summed E-state index contributed by atoms with van der Waals surface area (Å²) < 4.78 is 2.00. The van der Waals surface area contributed by atoms with Crippen molar-refractivity contribution in [1.29, 1.82) is 0 Å². The predicted octanol–water partition coefficient (Wildman–Crippen LogP) is 3.73. The third-order valence-corrected chi connectivity index (χ3v) is 6.92. The molecule has 8 nitrogen and oxygen atoms in total. The normalized spacial score (nSPS) is 15.3. The first kappa shape index (κ1) is 23.1. The fourth-order valence-electron chi connectivity index (χ4n) is 5.01. The van der Waals surface area contributed by atoms with Crippen molar-refractivity contribution < 1.29 is 0 Å². The summed E-state index contributed by atoms with van der Waals surface area (Å²) >= 11 is 0. The van der Waals surface area contributed by atoms with Crippen molar-refractivity contribution in [2.24, 2.45) is 0 Å². The lowest BCUT2D eigenvalue weighted by Gasteiger charge is -2.14. The molecule has 8 heteroatoms. The van der Waals surface area contributed by atoms with Crippen LogP contribution < -0.4 is 10.6 Å². The van der Waals surface area contributed by atoms with Gasteiger partial charge < -0.3 is 9.55 Å². The first-order chi connectivity index (χ1) is 18.1. The van der Waals surface area contributed by atoms with Gasteiger partial charge in [-0.05, 0) is 80.8 Å². The Balaban J connectivity index is 1.39. The van der Waals surface area contributed by atoms with Crippen LogP contribution in [0.15, 0.2) is 55.8 Å². The lowest BCUT2D eigenvalue weighted by atomic mass is 10.1. The molecule has 0 aliphatic carbocycles. The SMILES string of the molecule is C=C(/C=c1/c(-c2nc3c(-n4cnc(C)c4)cccc3[nH]2)n[nH]/c1=C/C)c1cncc(CN2CCCC2)c1. The predicted molar refractivity (Wildman–Crippen MR) is 147 cm³/mol. The molecule has 5 aromatic rings. The van der Waals surface area contributed by atoms with Gasteiger partial charge in [-0.25, -0.2) is 9.97 Å². The van der Waals surface area contributed by atoms with E-state index >= 15 is 0 Å². The number of pyridine rings is 1. The molecule has 1 saturated heterocycles. The van der Waals surface area contributed by atoms with Gasteiger partial charge in [0, 0.05) is 30.4 Å². The second kappa shape index (κ2) is 9.63. The number of H-pyrrole nitrogens is 2. The van der Waals surface area contributed by atoms with E-state index in [1.54, 1.807) is 0 Å². The zero-order valence-corrected chi connectivity index (χ0v) is 21.2. The maximum Gasteiger partial charge on any atom is 0.159 e. The summed E-state index contributed by atoms with van der Waals surface area (Å²) in [6.45, 7) is 11.6. The van der Waals surface area contributed by atoms with Gasteiger partial charge in [-0.3, -0.25) is 15.0 Å². The monoisotopic (exact) mass is 490 g/mol. The number of imidazole rings is 2. The molecule has 0 spiro atoms. The van der Waals surface area contributed by atoms with Gasteiger partial charge >= 0.3 is 0 Å². The third kappa shape index (κ3) is 4.51. The summed E-state index contributed by atoms with van der Waals surface area (Å²) in [5.41, 5.74) is 7.57. The van der Waals surface area contributed by atoms with Crippen LogP contribution in [0.3, 0.4) is 0 Å². The topological polar surface area (TPSA) is 91.3 Å². The van der Waals surface area contributed by atoms with E-state index in [0.29, 0.717) is 5.82 Å². The van der Waals surface area contributed by atoms with Crippen molar-refractivity contribution in [3.8, 4) is 17.2 Å². The molecule has 0 unspecified atom stereocenters. The number of benzene rings is 1. The van der Waals surface area contributed by atoms with Crippen LogP contribution in [0.5, 0.6) is 0 Å². The molecule has 6 rings (SSSR count). The van der Waals surface area contributed by atoms with Crippen LogP contribution in [0.4, 0.5) is 0 Å². The number of likely N-dealkylation sites (tertiary alicyclic amines) is 1. The van der Waals surface area contributed by atoms with Crippen molar-refractivity contribution in [3.63, 3.8) is 0 Å². The summed E-state index contributed by atoms with van der Waals surface area (Å²) in [6.07, 6.45) is 14.3. The minimum Gasteiger partial charge on any atom is -0.336 e. The molecule has 0 atom stereocenters. The molecule has 5 heterocycles. The number of hydrogen-bond donors (Lipinski definition) is 2. The van der Waals surface area contributed by atoms with Crippen molar-refractivity contribution in [3.05, 3.63) is 83.2 Å². The number of nitrogens with zero attached hydrogens (tertiary/aromatic N) is 6. The lowest BCUT2D eigenvalue weighted by molar-refractivity contribution is 0.331. The Hall–Kier alpha value is -4.30. The maximum absolute atomic E-state index is 4.96. The largest absolute Gasteiger partial charge is 0.336 e. The van der Waals surface area contributed by atoms with Gasteiger partial charge in [-0.1, -0.05) is 18.7 Å². The average molecular weight is 491 g/mol. The van der Waals surface area contributed by atoms with Gasteiger partial charge in [0.1, 0.15) is 11.2 Å². The standard InChI is InChI=1S/C29H30N8/c1-4-24-23(12-19(2)22-13-21(14-30-15-22)17-36-10-5-6-11-36)27(35-34-24)29-32-25-8-7-9-26(28(25)33-29)37-16-20(3)31-18-37/h4,7-9,12-16,18,34H,2,5-6,10-11,17H2,1,3H3,(H,32,33)/b23-12+,24-4+. The van der Waals surface area contributed by atoms with Crippen LogP contribution in [0.25, 0.3) is 46.0 Å². The molecule has 2 N–H and O–H groups in total. The highest BCUT2D eigenvalue weighted by molar-refractivity contribution is 5.89. The number of aromatic amines is 2. The van der Waals surface area contributed by atoms with Gasteiger partial charge in [-0.15, -0.1) is 0 Å². The van der Waals surface area contributed by atoms with Crippen molar-refractivity contribution in [2.45, 2.75) is 33.2 Å². The molecule has 0 amide bonds. The molecular weight excluding hydrogens is 460 g/mol. The molecule has 1 fully saturated rings.